The minimum Gasteiger partial charge on any atom is -0.166 e. The second-order valence-electron chi connectivity index (χ2n) is 2.27. The van der Waals surface area contributed by atoms with E-state index in [2.05, 4.69) is 0 Å². The fraction of sp³-hybridized carbons (Fsp3) is 0.429. The van der Waals surface area contributed by atoms with Crippen molar-refractivity contribution < 1.29 is 13.2 Å². The monoisotopic (exact) mass is 274 g/mol. The number of rotatable bonds is 0. The van der Waals surface area contributed by atoms with Gasteiger partial charge in [0, 0.05) is 3.92 Å². The summed E-state index contributed by atoms with van der Waals surface area (Å²) < 4.78 is 36.0. The average molecular weight is 274 g/mol. The van der Waals surface area contributed by atoms with Crippen molar-refractivity contribution in [2.75, 3.05) is 0 Å². The van der Waals surface area contributed by atoms with Crippen molar-refractivity contribution >= 4 is 22.6 Å². The summed E-state index contributed by atoms with van der Waals surface area (Å²) in [6.45, 7) is 0. The van der Waals surface area contributed by atoms with E-state index in [1.165, 1.54) is 6.08 Å². The molecule has 0 nitrogen and oxygen atoms in total. The van der Waals surface area contributed by atoms with Crippen LogP contribution in [0.1, 0.15) is 6.42 Å². The van der Waals surface area contributed by atoms with Gasteiger partial charge in [0.25, 0.3) is 0 Å². The standard InChI is InChI=1S/C7H6F3I/c8-7(9,10)5-2-1-3-6(11)4-5/h1-2,4,6H,3H2. The Morgan fingerprint density at radius 1 is 1.45 bits per heavy atom. The largest absolute Gasteiger partial charge is 0.416 e. The highest BCUT2D eigenvalue weighted by atomic mass is 127. The molecule has 0 bridgehead atoms. The zero-order chi connectivity index (χ0) is 8.48. The Bertz CT molecular complexity index is 202. The van der Waals surface area contributed by atoms with Crippen LogP contribution >= 0.6 is 22.6 Å². The van der Waals surface area contributed by atoms with Crippen LogP contribution in [-0.2, 0) is 0 Å². The van der Waals surface area contributed by atoms with Gasteiger partial charge in [-0.3, -0.25) is 0 Å². The molecule has 0 spiro atoms. The summed E-state index contributed by atoms with van der Waals surface area (Å²) in [5, 5.41) is 0. The molecule has 1 aliphatic carbocycles. The number of alkyl halides is 4. The second-order valence-corrected chi connectivity index (χ2v) is 3.87. The van der Waals surface area contributed by atoms with Crippen molar-refractivity contribution in [3.63, 3.8) is 0 Å². The maximum atomic E-state index is 12.0. The minimum absolute atomic E-state index is 0.0192. The average Bonchev–Trinajstić information content (AvgIpc) is 1.86. The summed E-state index contributed by atoms with van der Waals surface area (Å²) in [7, 11) is 0. The molecule has 1 unspecified atom stereocenters. The van der Waals surface area contributed by atoms with E-state index in [0.717, 1.165) is 6.08 Å². The van der Waals surface area contributed by atoms with Crippen molar-refractivity contribution in [3.05, 3.63) is 23.8 Å². The van der Waals surface area contributed by atoms with E-state index < -0.39 is 11.7 Å². The number of allylic oxidation sites excluding steroid dienone is 4. The molecule has 0 aromatic heterocycles. The quantitative estimate of drug-likeness (QED) is 0.470. The van der Waals surface area contributed by atoms with Crippen LogP contribution in [0.15, 0.2) is 23.8 Å². The molecule has 11 heavy (non-hydrogen) atoms. The summed E-state index contributed by atoms with van der Waals surface area (Å²) >= 11 is 1.98. The molecule has 0 aromatic carbocycles. The van der Waals surface area contributed by atoms with Gasteiger partial charge in [-0.1, -0.05) is 40.8 Å². The topological polar surface area (TPSA) is 0 Å². The third-order valence-electron chi connectivity index (χ3n) is 1.35. The highest BCUT2D eigenvalue weighted by molar-refractivity contribution is 14.1. The van der Waals surface area contributed by atoms with Crippen LogP contribution in [0, 0.1) is 0 Å². The molecule has 0 amide bonds. The van der Waals surface area contributed by atoms with Gasteiger partial charge in [0.05, 0.1) is 5.57 Å². The van der Waals surface area contributed by atoms with Crippen LogP contribution < -0.4 is 0 Å². The van der Waals surface area contributed by atoms with Gasteiger partial charge in [0.15, 0.2) is 0 Å². The number of halogens is 4. The molecule has 0 aliphatic heterocycles. The van der Waals surface area contributed by atoms with Gasteiger partial charge in [-0.15, -0.1) is 0 Å². The predicted octanol–water partition coefficient (Wildman–Crippen LogP) is 3.24. The lowest BCUT2D eigenvalue weighted by Crippen LogP contribution is -2.13. The molecule has 1 atom stereocenters. The van der Waals surface area contributed by atoms with Crippen molar-refractivity contribution in [2.24, 2.45) is 0 Å². The lowest BCUT2D eigenvalue weighted by Gasteiger charge is -2.13. The van der Waals surface area contributed by atoms with Crippen LogP contribution in [0.5, 0.6) is 0 Å². The molecule has 0 heterocycles. The summed E-state index contributed by atoms with van der Waals surface area (Å²) in [5.41, 5.74) is -0.525. The molecule has 4 heteroatoms. The first-order valence-electron chi connectivity index (χ1n) is 3.10. The normalized spacial score (nSPS) is 25.1. The van der Waals surface area contributed by atoms with Crippen molar-refractivity contribution in [2.45, 2.75) is 16.5 Å². The van der Waals surface area contributed by atoms with Crippen molar-refractivity contribution in [1.29, 1.82) is 0 Å². The highest BCUT2D eigenvalue weighted by Gasteiger charge is 2.32. The van der Waals surface area contributed by atoms with E-state index >= 15 is 0 Å². The molecule has 0 aromatic rings. The summed E-state index contributed by atoms with van der Waals surface area (Å²) in [6, 6.07) is 0. The summed E-state index contributed by atoms with van der Waals surface area (Å²) in [5.74, 6) is 0. The third-order valence-corrected chi connectivity index (χ3v) is 2.21. The first kappa shape index (κ1) is 9.09. The highest BCUT2D eigenvalue weighted by Crippen LogP contribution is 2.31. The van der Waals surface area contributed by atoms with Crippen molar-refractivity contribution in [1.82, 2.24) is 0 Å². The summed E-state index contributed by atoms with van der Waals surface area (Å²) in [4.78, 5) is 0. The van der Waals surface area contributed by atoms with Crippen LogP contribution in [0.4, 0.5) is 13.2 Å². The molecule has 0 saturated heterocycles. The Kier molecular flexibility index (Phi) is 2.61. The Balaban J connectivity index is 2.80. The first-order valence-corrected chi connectivity index (χ1v) is 4.34. The molecular weight excluding hydrogens is 268 g/mol. The van der Waals surface area contributed by atoms with E-state index in [-0.39, 0.29) is 3.92 Å². The first-order chi connectivity index (χ1) is 5.00. The number of hydrogen-bond acceptors (Lipinski definition) is 0. The molecule has 0 fully saturated rings. The zero-order valence-corrected chi connectivity index (χ0v) is 7.69. The molecule has 1 rings (SSSR count). The van der Waals surface area contributed by atoms with Crippen LogP contribution in [0.25, 0.3) is 0 Å². The molecule has 0 N–H and O–H groups in total. The second kappa shape index (κ2) is 3.16. The van der Waals surface area contributed by atoms with E-state index in [1.54, 1.807) is 6.08 Å². The molecule has 0 radical (unpaired) electrons. The number of hydrogen-bond donors (Lipinski definition) is 0. The van der Waals surface area contributed by atoms with E-state index in [0.29, 0.717) is 6.42 Å². The molecule has 1 aliphatic rings. The Morgan fingerprint density at radius 2 is 2.09 bits per heavy atom. The third kappa shape index (κ3) is 2.50. The molecule has 62 valence electrons. The molecular formula is C7H6F3I. The molecule has 0 saturated carbocycles. The Hall–Kier alpha value is -0.0000000000000000555. The van der Waals surface area contributed by atoms with Gasteiger partial charge >= 0.3 is 6.18 Å². The van der Waals surface area contributed by atoms with Gasteiger partial charge in [-0.25, -0.2) is 0 Å². The maximum Gasteiger partial charge on any atom is 0.416 e. The van der Waals surface area contributed by atoms with Crippen LogP contribution in [-0.4, -0.2) is 10.1 Å². The van der Waals surface area contributed by atoms with Gasteiger partial charge in [-0.05, 0) is 6.42 Å². The SMILES string of the molecule is FC(F)(F)C1=CC(I)CC=C1. The van der Waals surface area contributed by atoms with Gasteiger partial charge in [0.2, 0.25) is 0 Å². The summed E-state index contributed by atoms with van der Waals surface area (Å²) in [6.07, 6.45) is 0.454. The Labute approximate surface area is 76.3 Å². The van der Waals surface area contributed by atoms with Crippen LogP contribution in [0.2, 0.25) is 0 Å². The van der Waals surface area contributed by atoms with E-state index in [1.807, 2.05) is 22.6 Å². The zero-order valence-electron chi connectivity index (χ0n) is 5.53. The lowest BCUT2D eigenvalue weighted by atomic mass is 10.1. The van der Waals surface area contributed by atoms with Gasteiger partial charge in [0.1, 0.15) is 0 Å². The van der Waals surface area contributed by atoms with Crippen molar-refractivity contribution in [3.8, 4) is 0 Å². The maximum absolute atomic E-state index is 12.0. The fourth-order valence-electron chi connectivity index (χ4n) is 0.832. The predicted molar refractivity (Wildman–Crippen MR) is 45.7 cm³/mol. The Morgan fingerprint density at radius 3 is 2.45 bits per heavy atom. The van der Waals surface area contributed by atoms with E-state index in [4.69, 9.17) is 0 Å². The van der Waals surface area contributed by atoms with Gasteiger partial charge < -0.3 is 0 Å². The smallest absolute Gasteiger partial charge is 0.166 e. The fourth-order valence-corrected chi connectivity index (χ4v) is 1.51. The minimum atomic E-state index is -4.18. The lowest BCUT2D eigenvalue weighted by molar-refractivity contribution is -0.0885. The van der Waals surface area contributed by atoms with Crippen LogP contribution in [0.3, 0.4) is 0 Å². The van der Waals surface area contributed by atoms with Gasteiger partial charge in [-0.2, -0.15) is 13.2 Å². The van der Waals surface area contributed by atoms with E-state index in [9.17, 15) is 13.2 Å².